The number of carbonyl (C=O) groups excluding carboxylic acids is 1. The van der Waals surface area contributed by atoms with Gasteiger partial charge in [-0.05, 0) is 30.7 Å². The minimum absolute atomic E-state index is 0.0146. The summed E-state index contributed by atoms with van der Waals surface area (Å²) in [6, 6.07) is 4.07. The van der Waals surface area contributed by atoms with E-state index in [9.17, 15) is 23.3 Å². The number of non-ortho nitro benzene ring substituents is 1. The highest BCUT2D eigenvalue weighted by atomic mass is 35.5. The first-order valence-corrected chi connectivity index (χ1v) is 8.68. The van der Waals surface area contributed by atoms with Crippen molar-refractivity contribution in [2.24, 2.45) is 5.16 Å². The topological polar surface area (TPSA) is 116 Å². The van der Waals surface area contributed by atoms with Crippen LogP contribution in [0.15, 0.2) is 46.0 Å². The van der Waals surface area contributed by atoms with Gasteiger partial charge in [-0.1, -0.05) is 5.16 Å². The van der Waals surface area contributed by atoms with Crippen LogP contribution in [0.3, 0.4) is 0 Å². The second-order valence-electron chi connectivity index (χ2n) is 4.79. The van der Waals surface area contributed by atoms with Crippen LogP contribution in [0.25, 0.3) is 0 Å². The lowest BCUT2D eigenvalue weighted by Gasteiger charge is -2.20. The zero-order valence-electron chi connectivity index (χ0n) is 12.0. The molecule has 0 heterocycles. The van der Waals surface area contributed by atoms with Crippen molar-refractivity contribution in [2.75, 3.05) is 0 Å². The van der Waals surface area contributed by atoms with E-state index in [1.807, 2.05) is 0 Å². The van der Waals surface area contributed by atoms with Crippen molar-refractivity contribution in [3.8, 4) is 0 Å². The quantitative estimate of drug-likeness (QED) is 0.441. The molecule has 1 aromatic carbocycles. The number of benzene rings is 1. The molecule has 0 fully saturated rings. The number of nitrogens with zero attached hydrogens (tertiary/aromatic N) is 2. The van der Waals surface area contributed by atoms with Crippen LogP contribution >= 0.6 is 23.2 Å². The lowest BCUT2D eigenvalue weighted by Crippen LogP contribution is -2.36. The number of oxime groups is 1. The third-order valence-electron chi connectivity index (χ3n) is 3.12. The molecule has 0 aliphatic heterocycles. The number of allylic oxidation sites excluding steroid dienone is 2. The van der Waals surface area contributed by atoms with Gasteiger partial charge in [-0.2, -0.15) is 8.42 Å². The molecule has 1 aromatic rings. The van der Waals surface area contributed by atoms with E-state index in [0.29, 0.717) is 0 Å². The van der Waals surface area contributed by atoms with Gasteiger partial charge in [-0.3, -0.25) is 19.2 Å². The van der Waals surface area contributed by atoms with Crippen molar-refractivity contribution in [1.82, 2.24) is 0 Å². The number of alkyl halides is 2. The molecule has 128 valence electrons. The van der Waals surface area contributed by atoms with Crippen LogP contribution in [0, 0.1) is 10.1 Å². The Balaban J connectivity index is 2.26. The minimum Gasteiger partial charge on any atom is -0.293 e. The zero-order valence-corrected chi connectivity index (χ0v) is 14.4. The van der Waals surface area contributed by atoms with Crippen molar-refractivity contribution >= 4 is 50.5 Å². The van der Waals surface area contributed by atoms with Crippen LogP contribution < -0.4 is 0 Å². The molecule has 2 atom stereocenters. The molecule has 0 saturated heterocycles. The zero-order chi connectivity index (χ0) is 18.1. The van der Waals surface area contributed by atoms with Crippen LogP contribution in [0.5, 0.6) is 0 Å². The van der Waals surface area contributed by atoms with Gasteiger partial charge in [-0.25, -0.2) is 0 Å². The van der Waals surface area contributed by atoms with Gasteiger partial charge in [0, 0.05) is 12.1 Å². The Morgan fingerprint density at radius 3 is 2.33 bits per heavy atom. The van der Waals surface area contributed by atoms with Crippen molar-refractivity contribution in [3.05, 3.63) is 46.0 Å². The summed E-state index contributed by atoms with van der Waals surface area (Å²) in [7, 11) is -4.30. The number of rotatable bonds is 4. The lowest BCUT2D eigenvalue weighted by atomic mass is 9.97. The maximum atomic E-state index is 12.0. The van der Waals surface area contributed by atoms with Crippen LogP contribution in [-0.4, -0.2) is 35.6 Å². The van der Waals surface area contributed by atoms with Crippen LogP contribution in [0.1, 0.15) is 6.92 Å². The minimum atomic E-state index is -4.30. The fourth-order valence-electron chi connectivity index (χ4n) is 1.82. The largest absolute Gasteiger partial charge is 0.358 e. The number of Topliss-reactive ketones (excluding diaryl/α,β-unsaturated/α-hetero) is 1. The van der Waals surface area contributed by atoms with Crippen molar-refractivity contribution in [1.29, 1.82) is 0 Å². The molecule has 1 aliphatic rings. The Kier molecular flexibility index (Phi) is 5.26. The second kappa shape index (κ2) is 6.88. The first kappa shape index (κ1) is 18.4. The Labute approximate surface area is 147 Å². The number of halogens is 2. The Bertz CT molecular complexity index is 848. The molecule has 0 radical (unpaired) electrons. The average Bonchev–Trinajstić information content (AvgIpc) is 2.55. The summed E-state index contributed by atoms with van der Waals surface area (Å²) in [4.78, 5) is 21.2. The van der Waals surface area contributed by atoms with Crippen molar-refractivity contribution in [3.63, 3.8) is 0 Å². The Morgan fingerprint density at radius 2 is 1.79 bits per heavy atom. The first-order valence-electron chi connectivity index (χ1n) is 6.40. The van der Waals surface area contributed by atoms with E-state index in [4.69, 9.17) is 23.2 Å². The summed E-state index contributed by atoms with van der Waals surface area (Å²) in [5, 5.41) is 11.9. The van der Waals surface area contributed by atoms with E-state index in [1.165, 1.54) is 13.0 Å². The summed E-state index contributed by atoms with van der Waals surface area (Å²) < 4.78 is 28.6. The number of nitro benzene ring substituents is 1. The summed E-state index contributed by atoms with van der Waals surface area (Å²) in [6.45, 7) is 1.49. The molecule has 0 bridgehead atoms. The predicted molar refractivity (Wildman–Crippen MR) is 86.8 cm³/mol. The SMILES string of the molecule is CC1=C/C(=N\OS(=O)(=O)c2ccc([N+](=O)[O-])cc2)[C@@H](Cl)[C@H](Cl)C1=O. The van der Waals surface area contributed by atoms with E-state index >= 15 is 0 Å². The lowest BCUT2D eigenvalue weighted by molar-refractivity contribution is -0.384. The molecule has 1 aliphatic carbocycles. The highest BCUT2D eigenvalue weighted by Gasteiger charge is 2.34. The molecule has 8 nitrogen and oxygen atoms in total. The predicted octanol–water partition coefficient (Wildman–Crippen LogP) is 2.40. The van der Waals surface area contributed by atoms with Gasteiger partial charge >= 0.3 is 10.1 Å². The van der Waals surface area contributed by atoms with Gasteiger partial charge in [0.25, 0.3) is 5.69 Å². The van der Waals surface area contributed by atoms with Gasteiger partial charge in [0.15, 0.2) is 5.78 Å². The first-order chi connectivity index (χ1) is 11.1. The molecular weight excluding hydrogens is 383 g/mol. The van der Waals surface area contributed by atoms with E-state index < -0.39 is 25.8 Å². The maximum Gasteiger partial charge on any atom is 0.358 e. The smallest absolute Gasteiger partial charge is 0.293 e. The average molecular weight is 393 g/mol. The van der Waals surface area contributed by atoms with E-state index in [2.05, 4.69) is 9.44 Å². The summed E-state index contributed by atoms with van der Waals surface area (Å²) >= 11 is 11.8. The number of ketones is 1. The molecule has 0 amide bonds. The van der Waals surface area contributed by atoms with Crippen molar-refractivity contribution in [2.45, 2.75) is 22.6 Å². The molecule has 0 aromatic heterocycles. The van der Waals surface area contributed by atoms with Gasteiger partial charge < -0.3 is 0 Å². The number of carbonyl (C=O) groups is 1. The molecule has 24 heavy (non-hydrogen) atoms. The van der Waals surface area contributed by atoms with Crippen molar-refractivity contribution < 1.29 is 22.4 Å². The Hall–Kier alpha value is -1.97. The number of hydrogen-bond acceptors (Lipinski definition) is 7. The third kappa shape index (κ3) is 3.74. The van der Waals surface area contributed by atoms with Gasteiger partial charge in [0.2, 0.25) is 0 Å². The maximum absolute atomic E-state index is 12.0. The van der Waals surface area contributed by atoms with Crippen LogP contribution in [0.2, 0.25) is 0 Å². The molecule has 0 spiro atoms. The summed E-state index contributed by atoms with van der Waals surface area (Å²) in [5.74, 6) is -0.381. The van der Waals surface area contributed by atoms with Gasteiger partial charge in [0.1, 0.15) is 21.4 Å². The Morgan fingerprint density at radius 1 is 1.21 bits per heavy atom. The number of hydrogen-bond donors (Lipinski definition) is 0. The second-order valence-corrected chi connectivity index (χ2v) is 7.26. The highest BCUT2D eigenvalue weighted by Crippen LogP contribution is 2.24. The monoisotopic (exact) mass is 392 g/mol. The number of nitro groups is 1. The molecule has 0 unspecified atom stereocenters. The molecule has 0 saturated carbocycles. The fourth-order valence-corrected chi connectivity index (χ4v) is 3.08. The van der Waals surface area contributed by atoms with E-state index in [-0.39, 0.29) is 27.7 Å². The van der Waals surface area contributed by atoms with E-state index in [1.54, 1.807) is 0 Å². The molecule has 2 rings (SSSR count). The summed E-state index contributed by atoms with van der Waals surface area (Å²) in [5.41, 5.74) is -0.0170. The van der Waals surface area contributed by atoms with Gasteiger partial charge in [-0.15, -0.1) is 23.2 Å². The van der Waals surface area contributed by atoms with E-state index in [0.717, 1.165) is 24.3 Å². The third-order valence-corrected chi connectivity index (χ3v) is 5.30. The molecule has 0 N–H and O–H groups in total. The van der Waals surface area contributed by atoms with Gasteiger partial charge in [0.05, 0.1) is 4.92 Å². The summed E-state index contributed by atoms with van der Waals surface area (Å²) in [6.07, 6.45) is 1.28. The van der Waals surface area contributed by atoms with Crippen LogP contribution in [0.4, 0.5) is 5.69 Å². The molecular formula is C13H10Cl2N2O6S. The molecule has 11 heteroatoms. The normalized spacial score (nSPS) is 23.0. The van der Waals surface area contributed by atoms with Crippen LogP contribution in [-0.2, 0) is 19.2 Å². The highest BCUT2D eigenvalue weighted by molar-refractivity contribution is 7.86. The fraction of sp³-hybridized carbons (Fsp3) is 0.231. The standard InChI is InChI=1S/C13H10Cl2N2O6S/c1-7-6-10(11(14)12(15)13(7)18)16-23-24(21,22)9-4-2-8(3-5-9)17(19)20/h2-6,11-12H,1H3/b16-10+/t11-,12+/m1/s1.